The first-order valence-corrected chi connectivity index (χ1v) is 9.80. The quantitative estimate of drug-likeness (QED) is 0.252. The molecule has 0 atom stereocenters. The van der Waals surface area contributed by atoms with E-state index in [1.165, 1.54) is 18.3 Å². The van der Waals surface area contributed by atoms with Crippen molar-refractivity contribution in [3.63, 3.8) is 0 Å². The van der Waals surface area contributed by atoms with E-state index in [0.29, 0.717) is 21.4 Å². The van der Waals surface area contributed by atoms with Gasteiger partial charge in [0.1, 0.15) is 0 Å². The van der Waals surface area contributed by atoms with Crippen molar-refractivity contribution in [2.75, 3.05) is 5.32 Å². The van der Waals surface area contributed by atoms with Crippen molar-refractivity contribution in [3.8, 4) is 5.75 Å². The standard InChI is InChI=1S/C20H13Br2N3O4/c21-14-3-1-2-12(8-14)20(27)24-17-6-4-16(5-7-17)23-11-13-9-15(22)10-18(19(13)26)25(28)29/h1-11,26H,(H,24,27). The Morgan fingerprint density at radius 2 is 1.79 bits per heavy atom. The lowest BCUT2D eigenvalue weighted by atomic mass is 10.2. The molecule has 0 fully saturated rings. The zero-order chi connectivity index (χ0) is 21.0. The summed E-state index contributed by atoms with van der Waals surface area (Å²) in [7, 11) is 0. The van der Waals surface area contributed by atoms with E-state index in [-0.39, 0.29) is 11.5 Å². The topological polar surface area (TPSA) is 105 Å². The smallest absolute Gasteiger partial charge is 0.312 e. The van der Waals surface area contributed by atoms with Gasteiger partial charge in [-0.05, 0) is 48.5 Å². The van der Waals surface area contributed by atoms with Crippen LogP contribution in [0, 0.1) is 10.1 Å². The fraction of sp³-hybridized carbons (Fsp3) is 0. The largest absolute Gasteiger partial charge is 0.502 e. The molecule has 3 rings (SSSR count). The number of carbonyl (C=O) groups excluding carboxylic acids is 1. The maximum Gasteiger partial charge on any atom is 0.312 e. The van der Waals surface area contributed by atoms with Crippen molar-refractivity contribution in [3.05, 3.63) is 90.9 Å². The molecule has 0 bridgehead atoms. The van der Waals surface area contributed by atoms with Crippen LogP contribution in [0.1, 0.15) is 15.9 Å². The second-order valence-electron chi connectivity index (χ2n) is 5.89. The lowest BCUT2D eigenvalue weighted by Crippen LogP contribution is -2.11. The summed E-state index contributed by atoms with van der Waals surface area (Å²) >= 11 is 6.51. The van der Waals surface area contributed by atoms with Crippen molar-refractivity contribution in [2.24, 2.45) is 4.99 Å². The first kappa shape index (κ1) is 20.7. The molecule has 0 aromatic heterocycles. The van der Waals surface area contributed by atoms with E-state index in [4.69, 9.17) is 0 Å². The van der Waals surface area contributed by atoms with Gasteiger partial charge in [0.15, 0.2) is 0 Å². The second kappa shape index (κ2) is 8.97. The Kier molecular flexibility index (Phi) is 6.40. The normalized spacial score (nSPS) is 10.8. The molecule has 0 radical (unpaired) electrons. The first-order valence-electron chi connectivity index (χ1n) is 8.21. The molecule has 0 aliphatic carbocycles. The molecule has 1 amide bonds. The van der Waals surface area contributed by atoms with Crippen LogP contribution < -0.4 is 5.32 Å². The number of nitro benzene ring substituents is 1. The minimum Gasteiger partial charge on any atom is -0.502 e. The van der Waals surface area contributed by atoms with Crippen LogP contribution in [-0.2, 0) is 0 Å². The number of halogens is 2. The van der Waals surface area contributed by atoms with Gasteiger partial charge in [-0.3, -0.25) is 19.9 Å². The van der Waals surface area contributed by atoms with Gasteiger partial charge in [0.2, 0.25) is 5.75 Å². The summed E-state index contributed by atoms with van der Waals surface area (Å²) in [5.74, 6) is -0.700. The third kappa shape index (κ3) is 5.27. The number of hydrogen-bond donors (Lipinski definition) is 2. The van der Waals surface area contributed by atoms with Gasteiger partial charge >= 0.3 is 5.69 Å². The van der Waals surface area contributed by atoms with E-state index in [0.717, 1.165) is 4.47 Å². The molecule has 0 heterocycles. The highest BCUT2D eigenvalue weighted by Gasteiger charge is 2.17. The number of amides is 1. The van der Waals surface area contributed by atoms with E-state index >= 15 is 0 Å². The third-order valence-corrected chi connectivity index (χ3v) is 4.80. The van der Waals surface area contributed by atoms with Gasteiger partial charge in [0, 0.05) is 38.0 Å². The fourth-order valence-corrected chi connectivity index (χ4v) is 3.31. The van der Waals surface area contributed by atoms with Crippen molar-refractivity contribution in [2.45, 2.75) is 0 Å². The number of nitrogens with one attached hydrogen (secondary N) is 1. The van der Waals surface area contributed by atoms with Crippen LogP contribution in [-0.4, -0.2) is 22.2 Å². The number of rotatable bonds is 5. The highest BCUT2D eigenvalue weighted by molar-refractivity contribution is 9.10. The highest BCUT2D eigenvalue weighted by atomic mass is 79.9. The Balaban J connectivity index is 1.74. The third-order valence-electron chi connectivity index (χ3n) is 3.85. The maximum absolute atomic E-state index is 12.3. The van der Waals surface area contributed by atoms with Crippen LogP contribution in [0.5, 0.6) is 5.75 Å². The lowest BCUT2D eigenvalue weighted by molar-refractivity contribution is -0.385. The molecule has 0 aliphatic heterocycles. The number of phenols is 1. The summed E-state index contributed by atoms with van der Waals surface area (Å²) < 4.78 is 1.26. The second-order valence-corrected chi connectivity index (χ2v) is 7.72. The summed E-state index contributed by atoms with van der Waals surface area (Å²) in [6.45, 7) is 0. The van der Waals surface area contributed by atoms with Crippen LogP contribution in [0.4, 0.5) is 17.1 Å². The molecular weight excluding hydrogens is 506 g/mol. The molecular formula is C20H13Br2N3O4. The van der Waals surface area contributed by atoms with E-state index in [1.807, 2.05) is 6.07 Å². The molecule has 146 valence electrons. The molecule has 9 heteroatoms. The van der Waals surface area contributed by atoms with Gasteiger partial charge in [-0.25, -0.2) is 0 Å². The Bertz CT molecular complexity index is 1120. The average Bonchev–Trinajstić information content (AvgIpc) is 2.69. The van der Waals surface area contributed by atoms with Gasteiger partial charge in [-0.15, -0.1) is 0 Å². The summed E-state index contributed by atoms with van der Waals surface area (Å²) in [6.07, 6.45) is 1.34. The summed E-state index contributed by atoms with van der Waals surface area (Å²) in [5.41, 5.74) is 1.46. The molecule has 0 spiro atoms. The molecule has 7 nitrogen and oxygen atoms in total. The number of anilines is 1. The zero-order valence-corrected chi connectivity index (χ0v) is 17.8. The summed E-state index contributed by atoms with van der Waals surface area (Å²) in [4.78, 5) is 26.8. The number of nitrogens with zero attached hydrogens (tertiary/aromatic N) is 2. The highest BCUT2D eigenvalue weighted by Crippen LogP contribution is 2.32. The Morgan fingerprint density at radius 3 is 2.45 bits per heavy atom. The molecule has 0 unspecified atom stereocenters. The number of nitro groups is 1. The molecule has 3 aromatic carbocycles. The van der Waals surface area contributed by atoms with Crippen LogP contribution in [0.2, 0.25) is 0 Å². The number of carbonyl (C=O) groups is 1. The number of benzene rings is 3. The van der Waals surface area contributed by atoms with Gasteiger partial charge < -0.3 is 10.4 Å². The van der Waals surface area contributed by atoms with Gasteiger partial charge in [-0.2, -0.15) is 0 Å². The summed E-state index contributed by atoms with van der Waals surface area (Å²) in [5, 5.41) is 23.8. The maximum atomic E-state index is 12.3. The van der Waals surface area contributed by atoms with E-state index in [9.17, 15) is 20.0 Å². The lowest BCUT2D eigenvalue weighted by Gasteiger charge is -2.06. The number of hydrogen-bond acceptors (Lipinski definition) is 5. The van der Waals surface area contributed by atoms with Gasteiger partial charge in [0.05, 0.1) is 10.6 Å². The Hall–Kier alpha value is -3.04. The molecule has 29 heavy (non-hydrogen) atoms. The van der Waals surface area contributed by atoms with Crippen molar-refractivity contribution in [1.82, 2.24) is 0 Å². The first-order chi connectivity index (χ1) is 13.8. The van der Waals surface area contributed by atoms with Crippen molar-refractivity contribution < 1.29 is 14.8 Å². The van der Waals surface area contributed by atoms with Gasteiger partial charge in [0.25, 0.3) is 5.91 Å². The molecule has 0 aliphatic rings. The summed E-state index contributed by atoms with van der Waals surface area (Å²) in [6, 6.07) is 16.5. The van der Waals surface area contributed by atoms with E-state index < -0.39 is 16.4 Å². The monoisotopic (exact) mass is 517 g/mol. The van der Waals surface area contributed by atoms with Crippen LogP contribution in [0.3, 0.4) is 0 Å². The predicted octanol–water partition coefficient (Wildman–Crippen LogP) is 5.83. The average molecular weight is 519 g/mol. The number of phenolic OH excluding ortho intramolecular Hbond substituents is 1. The van der Waals surface area contributed by atoms with E-state index in [2.05, 4.69) is 42.2 Å². The fourth-order valence-electron chi connectivity index (χ4n) is 2.45. The number of aromatic hydroxyl groups is 1. The molecule has 2 N–H and O–H groups in total. The molecule has 0 saturated carbocycles. The van der Waals surface area contributed by atoms with Crippen LogP contribution in [0.25, 0.3) is 0 Å². The minimum absolute atomic E-state index is 0.207. The van der Waals surface area contributed by atoms with Crippen molar-refractivity contribution >= 4 is 61.0 Å². The SMILES string of the molecule is O=C(Nc1ccc(N=Cc2cc(Br)cc([N+](=O)[O-])c2O)cc1)c1cccc(Br)c1. The Morgan fingerprint density at radius 1 is 1.07 bits per heavy atom. The number of aliphatic imine (C=N–C) groups is 1. The van der Waals surface area contributed by atoms with Gasteiger partial charge in [-0.1, -0.05) is 37.9 Å². The van der Waals surface area contributed by atoms with Crippen LogP contribution in [0.15, 0.2) is 74.6 Å². The predicted molar refractivity (Wildman–Crippen MR) is 118 cm³/mol. The zero-order valence-electron chi connectivity index (χ0n) is 14.7. The minimum atomic E-state index is -0.666. The van der Waals surface area contributed by atoms with Crippen LogP contribution >= 0.6 is 31.9 Å². The van der Waals surface area contributed by atoms with E-state index in [1.54, 1.807) is 42.5 Å². The molecule has 3 aromatic rings. The Labute approximate surface area is 182 Å². The molecule has 0 saturated heterocycles. The van der Waals surface area contributed by atoms with Crippen molar-refractivity contribution in [1.29, 1.82) is 0 Å².